The van der Waals surface area contributed by atoms with Crippen LogP contribution in [0.2, 0.25) is 0 Å². The van der Waals surface area contributed by atoms with E-state index >= 15 is 0 Å². The lowest BCUT2D eigenvalue weighted by molar-refractivity contribution is 1.31. The number of benzene rings is 12. The van der Waals surface area contributed by atoms with Crippen molar-refractivity contribution in [2.45, 2.75) is 0 Å². The topological polar surface area (TPSA) is 6.48 Å². The molecule has 0 spiro atoms. The first-order valence-corrected chi connectivity index (χ1v) is 21.3. The second kappa shape index (κ2) is 14.8. The molecule has 0 amide bonds. The van der Waals surface area contributed by atoms with Crippen molar-refractivity contribution < 1.29 is 0 Å². The van der Waals surface area contributed by atoms with E-state index in [9.17, 15) is 0 Å². The van der Waals surface area contributed by atoms with Gasteiger partial charge in [-0.15, -0.1) is 0 Å². The van der Waals surface area contributed by atoms with Crippen molar-refractivity contribution in [2.24, 2.45) is 0 Å². The monoisotopic (exact) mass is 788 g/mol. The van der Waals surface area contributed by atoms with Gasteiger partial charge in [0, 0.05) is 32.9 Å². The summed E-state index contributed by atoms with van der Waals surface area (Å²) in [4.78, 5) is 4.94. The van der Waals surface area contributed by atoms with Crippen LogP contribution >= 0.6 is 0 Å². The van der Waals surface area contributed by atoms with Crippen LogP contribution in [0.15, 0.2) is 243 Å². The Morgan fingerprint density at radius 2 is 0.565 bits per heavy atom. The first-order valence-electron chi connectivity index (χ1n) is 21.3. The molecule has 0 aliphatic heterocycles. The van der Waals surface area contributed by atoms with Gasteiger partial charge >= 0.3 is 0 Å². The van der Waals surface area contributed by atoms with Crippen LogP contribution in [0, 0.1) is 0 Å². The van der Waals surface area contributed by atoms with Gasteiger partial charge in [-0.05, 0) is 103 Å². The van der Waals surface area contributed by atoms with Gasteiger partial charge < -0.3 is 9.80 Å². The summed E-state index contributed by atoms with van der Waals surface area (Å²) in [5.74, 6) is 0. The Morgan fingerprint density at radius 3 is 1.03 bits per heavy atom. The SMILES string of the molecule is c1ccc(-c2cccc(N(c3cccc4ccccc34)c3ccc4ccc5c(N(c6cccc(-c7ccccc7)c6)c6cccc7ccccc67)ccc6ccc3c4c65)c2)cc1. The van der Waals surface area contributed by atoms with Gasteiger partial charge in [-0.1, -0.05) is 194 Å². The minimum atomic E-state index is 1.11. The third-order valence-electron chi connectivity index (χ3n) is 12.5. The van der Waals surface area contributed by atoms with Crippen molar-refractivity contribution >= 4 is 88.0 Å². The maximum absolute atomic E-state index is 2.47. The maximum atomic E-state index is 2.47. The minimum absolute atomic E-state index is 1.11. The van der Waals surface area contributed by atoms with Crippen LogP contribution in [-0.4, -0.2) is 0 Å². The average Bonchev–Trinajstić information content (AvgIpc) is 3.35. The van der Waals surface area contributed by atoms with Crippen LogP contribution < -0.4 is 9.80 Å². The van der Waals surface area contributed by atoms with Crippen molar-refractivity contribution in [1.82, 2.24) is 0 Å². The summed E-state index contributed by atoms with van der Waals surface area (Å²) in [7, 11) is 0. The number of fused-ring (bicyclic) bond motifs is 2. The van der Waals surface area contributed by atoms with Gasteiger partial charge in [-0.25, -0.2) is 0 Å². The molecule has 12 aromatic rings. The fraction of sp³-hybridized carbons (Fsp3) is 0. The van der Waals surface area contributed by atoms with E-state index in [0.29, 0.717) is 0 Å². The molecule has 0 aliphatic rings. The summed E-state index contributed by atoms with van der Waals surface area (Å²) in [5, 5.41) is 12.2. The Bertz CT molecular complexity index is 3340. The van der Waals surface area contributed by atoms with Gasteiger partial charge in [0.25, 0.3) is 0 Å². The largest absolute Gasteiger partial charge is 0.309 e. The van der Waals surface area contributed by atoms with Crippen LogP contribution in [0.3, 0.4) is 0 Å². The Morgan fingerprint density at radius 1 is 0.210 bits per heavy atom. The van der Waals surface area contributed by atoms with Gasteiger partial charge in [0.1, 0.15) is 0 Å². The molecule has 0 bridgehead atoms. The highest BCUT2D eigenvalue weighted by Gasteiger charge is 2.24. The molecular weight excluding hydrogens is 749 g/mol. The van der Waals surface area contributed by atoms with E-state index in [4.69, 9.17) is 0 Å². The van der Waals surface area contributed by atoms with Crippen molar-refractivity contribution in [2.75, 3.05) is 9.80 Å². The van der Waals surface area contributed by atoms with Crippen LogP contribution in [0.25, 0.3) is 76.1 Å². The molecule has 0 fully saturated rings. The van der Waals surface area contributed by atoms with Gasteiger partial charge in [0.2, 0.25) is 0 Å². The molecule has 0 N–H and O–H groups in total. The van der Waals surface area contributed by atoms with Gasteiger partial charge in [-0.3, -0.25) is 0 Å². The molecular formula is C60H40N2. The summed E-state index contributed by atoms with van der Waals surface area (Å²) >= 11 is 0. The molecule has 290 valence electrons. The van der Waals surface area contributed by atoms with Gasteiger partial charge in [0.05, 0.1) is 22.7 Å². The fourth-order valence-electron chi connectivity index (χ4n) is 9.69. The lowest BCUT2D eigenvalue weighted by Crippen LogP contribution is -2.12. The summed E-state index contributed by atoms with van der Waals surface area (Å²) in [6.07, 6.45) is 0. The van der Waals surface area contributed by atoms with Crippen LogP contribution in [0.1, 0.15) is 0 Å². The third-order valence-corrected chi connectivity index (χ3v) is 12.5. The smallest absolute Gasteiger partial charge is 0.0540 e. The molecule has 0 radical (unpaired) electrons. The molecule has 62 heavy (non-hydrogen) atoms. The Labute approximate surface area is 361 Å². The zero-order chi connectivity index (χ0) is 41.0. The Hall–Kier alpha value is -8.20. The van der Waals surface area contributed by atoms with Crippen molar-refractivity contribution in [3.8, 4) is 22.3 Å². The molecule has 0 aliphatic carbocycles. The predicted octanol–water partition coefficient (Wildman–Crippen LogP) is 17.2. The van der Waals surface area contributed by atoms with E-state index in [1.165, 1.54) is 76.1 Å². The number of hydrogen-bond donors (Lipinski definition) is 0. The Balaban J connectivity index is 1.12. The molecule has 0 unspecified atom stereocenters. The summed E-state index contributed by atoms with van der Waals surface area (Å²) in [6.45, 7) is 0. The molecule has 2 heteroatoms. The highest BCUT2D eigenvalue weighted by molar-refractivity contribution is 6.28. The second-order valence-corrected chi connectivity index (χ2v) is 16.1. The minimum Gasteiger partial charge on any atom is -0.309 e. The normalized spacial score (nSPS) is 11.5. The predicted molar refractivity (Wildman–Crippen MR) is 265 cm³/mol. The summed E-state index contributed by atoms with van der Waals surface area (Å²) < 4.78 is 0. The molecule has 2 nitrogen and oxygen atoms in total. The molecule has 0 atom stereocenters. The first kappa shape index (κ1) is 35.7. The molecule has 12 rings (SSSR count). The second-order valence-electron chi connectivity index (χ2n) is 16.1. The number of nitrogens with zero attached hydrogens (tertiary/aromatic N) is 2. The highest BCUT2D eigenvalue weighted by atomic mass is 15.2. The molecule has 0 saturated heterocycles. The van der Waals surface area contributed by atoms with Gasteiger partial charge in [0.15, 0.2) is 0 Å². The molecule has 0 saturated carbocycles. The van der Waals surface area contributed by atoms with Gasteiger partial charge in [-0.2, -0.15) is 0 Å². The van der Waals surface area contributed by atoms with Crippen LogP contribution in [0.5, 0.6) is 0 Å². The lowest BCUT2D eigenvalue weighted by Gasteiger charge is -2.30. The standard InChI is InChI=1S/C60H40N2/c1-3-15-41(16-4-1)47-23-11-25-49(39-47)61(55-29-13-21-43-19-7-9-27-51(43)55)57-37-33-45-32-36-54-58(38-34-46-31-35-53(57)59(45)60(46)54)62(56-30-14-22-44-20-8-10-28-52(44)56)50-26-12-24-48(40-50)42-17-5-2-6-18-42/h1-40H. The summed E-state index contributed by atoms with van der Waals surface area (Å²) in [5.41, 5.74) is 11.5. The van der Waals surface area contributed by atoms with E-state index in [0.717, 1.165) is 34.1 Å². The quantitative estimate of drug-likeness (QED) is 0.142. The first-order chi connectivity index (χ1) is 30.8. The lowest BCUT2D eigenvalue weighted by atomic mass is 9.91. The number of rotatable bonds is 8. The van der Waals surface area contributed by atoms with Crippen molar-refractivity contribution in [3.05, 3.63) is 243 Å². The van der Waals surface area contributed by atoms with Crippen molar-refractivity contribution in [3.63, 3.8) is 0 Å². The zero-order valence-electron chi connectivity index (χ0n) is 34.0. The van der Waals surface area contributed by atoms with E-state index < -0.39 is 0 Å². The summed E-state index contributed by atoms with van der Waals surface area (Å²) in [6, 6.07) is 88.6. The number of anilines is 6. The molecule has 0 heterocycles. The average molecular weight is 789 g/mol. The highest BCUT2D eigenvalue weighted by Crippen LogP contribution is 2.49. The molecule has 12 aromatic carbocycles. The van der Waals surface area contributed by atoms with Crippen LogP contribution in [0.4, 0.5) is 34.1 Å². The van der Waals surface area contributed by atoms with E-state index in [2.05, 4.69) is 252 Å². The van der Waals surface area contributed by atoms with Crippen LogP contribution in [-0.2, 0) is 0 Å². The third kappa shape index (κ3) is 5.96. The van der Waals surface area contributed by atoms with E-state index in [1.807, 2.05) is 0 Å². The molecule has 0 aromatic heterocycles. The maximum Gasteiger partial charge on any atom is 0.0540 e. The van der Waals surface area contributed by atoms with Crippen molar-refractivity contribution in [1.29, 1.82) is 0 Å². The van der Waals surface area contributed by atoms with E-state index in [-0.39, 0.29) is 0 Å². The van der Waals surface area contributed by atoms with E-state index in [1.54, 1.807) is 0 Å². The Kier molecular flexibility index (Phi) is 8.53. The fourth-order valence-corrected chi connectivity index (χ4v) is 9.69. The zero-order valence-corrected chi connectivity index (χ0v) is 34.0. The number of hydrogen-bond acceptors (Lipinski definition) is 2.